The first-order valence-corrected chi connectivity index (χ1v) is 3.16. The second-order valence-corrected chi connectivity index (χ2v) is 2.61. The zero-order valence-corrected chi connectivity index (χ0v) is 6.16. The van der Waals surface area contributed by atoms with Crippen LogP contribution in [0.5, 0.6) is 5.75 Å². The van der Waals surface area contributed by atoms with Crippen molar-refractivity contribution in [3.8, 4) is 5.75 Å². The number of nitrogens with zero attached hydrogens (tertiary/aromatic N) is 1. The average molecular weight is 221 g/mol. The summed E-state index contributed by atoms with van der Waals surface area (Å²) in [5, 5.41) is 8.75. The summed E-state index contributed by atoms with van der Waals surface area (Å²) in [7, 11) is 0. The molecule has 0 amide bonds. The van der Waals surface area contributed by atoms with Crippen LogP contribution >= 0.6 is 22.6 Å². The molecule has 0 fully saturated rings. The predicted molar refractivity (Wildman–Crippen MR) is 38.6 cm³/mol. The summed E-state index contributed by atoms with van der Waals surface area (Å²) in [4.78, 5) is 3.73. The molecule has 0 saturated carbocycles. The van der Waals surface area contributed by atoms with Gasteiger partial charge >= 0.3 is 0 Å². The van der Waals surface area contributed by atoms with Crippen molar-refractivity contribution < 1.29 is 5.11 Å². The maximum atomic E-state index is 8.75. The summed E-state index contributed by atoms with van der Waals surface area (Å²) in [5.74, 6) is 0.219. The Balaban J connectivity index is 3.08. The monoisotopic (exact) mass is 221 g/mol. The lowest BCUT2D eigenvalue weighted by Crippen LogP contribution is -1.72. The van der Waals surface area contributed by atoms with E-state index in [0.29, 0.717) is 0 Å². The second-order valence-electron chi connectivity index (χ2n) is 1.36. The molecule has 0 saturated heterocycles. The first-order chi connectivity index (χ1) is 3.79. The molecule has 0 unspecified atom stereocenters. The summed E-state index contributed by atoms with van der Waals surface area (Å²) in [6.07, 6.45) is 3.09. The van der Waals surface area contributed by atoms with E-state index in [1.165, 1.54) is 6.20 Å². The van der Waals surface area contributed by atoms with Crippen LogP contribution in [0.1, 0.15) is 0 Å². The van der Waals surface area contributed by atoms with Crippen LogP contribution in [0.15, 0.2) is 18.5 Å². The molecule has 2 nitrogen and oxygen atoms in total. The molecule has 8 heavy (non-hydrogen) atoms. The minimum Gasteiger partial charge on any atom is -0.506 e. The van der Waals surface area contributed by atoms with Crippen LogP contribution in [-0.4, -0.2) is 10.1 Å². The number of aromatic hydroxyl groups is 1. The second kappa shape index (κ2) is 2.30. The fourth-order valence-electron chi connectivity index (χ4n) is 0.401. The van der Waals surface area contributed by atoms with Crippen LogP contribution in [0, 0.1) is 3.57 Å². The number of rotatable bonds is 0. The molecule has 0 radical (unpaired) electrons. The van der Waals surface area contributed by atoms with Gasteiger partial charge < -0.3 is 5.11 Å². The standard InChI is InChI=1S/C5H4INO/c6-4-1-5(8)3-7-2-4/h1-3,8H. The lowest BCUT2D eigenvalue weighted by Gasteiger charge is -1.87. The molecule has 1 aromatic heterocycles. The molecule has 42 valence electrons. The maximum absolute atomic E-state index is 8.75. The van der Waals surface area contributed by atoms with Crippen molar-refractivity contribution >= 4 is 22.6 Å². The van der Waals surface area contributed by atoms with E-state index in [-0.39, 0.29) is 5.75 Å². The van der Waals surface area contributed by atoms with Gasteiger partial charge in [0.05, 0.1) is 6.20 Å². The van der Waals surface area contributed by atoms with Crippen molar-refractivity contribution in [1.82, 2.24) is 4.98 Å². The smallest absolute Gasteiger partial charge is 0.134 e. The third-order valence-electron chi connectivity index (χ3n) is 0.690. The lowest BCUT2D eigenvalue weighted by molar-refractivity contribution is 0.472. The van der Waals surface area contributed by atoms with Gasteiger partial charge in [-0.05, 0) is 28.7 Å². The third-order valence-corrected chi connectivity index (χ3v) is 1.28. The van der Waals surface area contributed by atoms with Gasteiger partial charge in [-0.15, -0.1) is 0 Å². The van der Waals surface area contributed by atoms with Crippen molar-refractivity contribution in [2.45, 2.75) is 0 Å². The topological polar surface area (TPSA) is 33.1 Å². The summed E-state index contributed by atoms with van der Waals surface area (Å²) in [5.41, 5.74) is 0. The molecule has 0 bridgehead atoms. The van der Waals surface area contributed by atoms with Crippen molar-refractivity contribution in [2.75, 3.05) is 0 Å². The van der Waals surface area contributed by atoms with Gasteiger partial charge in [0, 0.05) is 9.77 Å². The number of halogens is 1. The van der Waals surface area contributed by atoms with E-state index >= 15 is 0 Å². The minimum absolute atomic E-state index is 0.219. The minimum atomic E-state index is 0.219. The van der Waals surface area contributed by atoms with Crippen LogP contribution in [0.2, 0.25) is 0 Å². The van der Waals surface area contributed by atoms with E-state index < -0.39 is 0 Å². The average Bonchev–Trinajstić information content (AvgIpc) is 1.64. The van der Waals surface area contributed by atoms with Crippen molar-refractivity contribution in [3.05, 3.63) is 22.0 Å². The number of hydrogen-bond acceptors (Lipinski definition) is 2. The number of aromatic nitrogens is 1. The maximum Gasteiger partial charge on any atom is 0.134 e. The zero-order valence-electron chi connectivity index (χ0n) is 4.00. The summed E-state index contributed by atoms with van der Waals surface area (Å²) >= 11 is 2.08. The van der Waals surface area contributed by atoms with Gasteiger partial charge in [-0.2, -0.15) is 0 Å². The van der Waals surface area contributed by atoms with E-state index in [1.807, 2.05) is 0 Å². The van der Waals surface area contributed by atoms with Crippen molar-refractivity contribution in [2.24, 2.45) is 0 Å². The van der Waals surface area contributed by atoms with Crippen LogP contribution in [-0.2, 0) is 0 Å². The Labute approximate surface area is 60.7 Å². The van der Waals surface area contributed by atoms with Gasteiger partial charge in [0.15, 0.2) is 0 Å². The number of pyridine rings is 1. The summed E-state index contributed by atoms with van der Waals surface area (Å²) in [6.45, 7) is 0. The molecule has 1 aromatic rings. The normalized spacial score (nSPS) is 9.12. The molecule has 0 aromatic carbocycles. The van der Waals surface area contributed by atoms with E-state index in [0.717, 1.165) is 3.57 Å². The quantitative estimate of drug-likeness (QED) is 0.671. The van der Waals surface area contributed by atoms with E-state index in [2.05, 4.69) is 27.6 Å². The predicted octanol–water partition coefficient (Wildman–Crippen LogP) is 1.39. The molecule has 0 aliphatic heterocycles. The van der Waals surface area contributed by atoms with E-state index in [1.54, 1.807) is 12.3 Å². The Bertz CT molecular complexity index is 172. The largest absolute Gasteiger partial charge is 0.506 e. The molecule has 1 rings (SSSR count). The lowest BCUT2D eigenvalue weighted by atomic mass is 10.5. The zero-order chi connectivity index (χ0) is 5.98. The van der Waals surface area contributed by atoms with Gasteiger partial charge in [0.2, 0.25) is 0 Å². The van der Waals surface area contributed by atoms with E-state index in [4.69, 9.17) is 5.11 Å². The van der Waals surface area contributed by atoms with Gasteiger partial charge in [0.25, 0.3) is 0 Å². The molecule has 1 heterocycles. The van der Waals surface area contributed by atoms with Gasteiger partial charge in [-0.25, -0.2) is 0 Å². The van der Waals surface area contributed by atoms with Gasteiger partial charge in [-0.3, -0.25) is 4.98 Å². The molecule has 0 atom stereocenters. The molecular formula is C5H4INO. The van der Waals surface area contributed by atoms with Crippen molar-refractivity contribution in [1.29, 1.82) is 0 Å². The van der Waals surface area contributed by atoms with Gasteiger partial charge in [-0.1, -0.05) is 0 Å². The Morgan fingerprint density at radius 3 is 2.62 bits per heavy atom. The molecule has 3 heteroatoms. The first-order valence-electron chi connectivity index (χ1n) is 2.08. The van der Waals surface area contributed by atoms with E-state index in [9.17, 15) is 0 Å². The fraction of sp³-hybridized carbons (Fsp3) is 0. The van der Waals surface area contributed by atoms with Crippen molar-refractivity contribution in [3.63, 3.8) is 0 Å². The van der Waals surface area contributed by atoms with Gasteiger partial charge in [0.1, 0.15) is 5.75 Å². The Hall–Kier alpha value is -0.320. The Morgan fingerprint density at radius 1 is 1.50 bits per heavy atom. The molecule has 0 aliphatic rings. The first kappa shape index (κ1) is 5.81. The molecule has 1 N–H and O–H groups in total. The highest BCUT2D eigenvalue weighted by molar-refractivity contribution is 14.1. The SMILES string of the molecule is Oc1cncc(I)c1. The Morgan fingerprint density at radius 2 is 2.25 bits per heavy atom. The number of hydrogen-bond donors (Lipinski definition) is 1. The summed E-state index contributed by atoms with van der Waals surface area (Å²) in [6, 6.07) is 1.65. The molecule has 0 spiro atoms. The molecular weight excluding hydrogens is 217 g/mol. The third kappa shape index (κ3) is 1.33. The van der Waals surface area contributed by atoms with Crippen LogP contribution in [0.25, 0.3) is 0 Å². The Kier molecular flexibility index (Phi) is 1.67. The molecule has 0 aliphatic carbocycles. The highest BCUT2D eigenvalue weighted by Crippen LogP contribution is 2.09. The van der Waals surface area contributed by atoms with Crippen LogP contribution in [0.4, 0.5) is 0 Å². The van der Waals surface area contributed by atoms with Crippen LogP contribution in [0.3, 0.4) is 0 Å². The summed E-state index contributed by atoms with van der Waals surface area (Å²) < 4.78 is 0.947. The van der Waals surface area contributed by atoms with Crippen LogP contribution < -0.4 is 0 Å². The highest BCUT2D eigenvalue weighted by Gasteiger charge is 1.86. The fourth-order valence-corrected chi connectivity index (χ4v) is 0.881. The highest BCUT2D eigenvalue weighted by atomic mass is 127.